The molecular formula is C14H13N5S. The Kier molecular flexibility index (Phi) is 3.73. The van der Waals surface area contributed by atoms with Crippen LogP contribution in [0.5, 0.6) is 0 Å². The zero-order chi connectivity index (χ0) is 13.8. The maximum atomic E-state index is 4.32. The molecule has 20 heavy (non-hydrogen) atoms. The molecule has 3 aromatic heterocycles. The lowest BCUT2D eigenvalue weighted by atomic mass is 10.2. The molecule has 3 heterocycles. The Bertz CT molecular complexity index is 736. The Balaban J connectivity index is 1.86. The molecular weight excluding hydrogens is 270 g/mol. The standard InChI is InChI=1S/C14H13N5S/c1-2-10-8-20-13-12(10)16-9-17-14(13)19-18-7-11-5-3-4-6-15-11/h3-6,8-9H,2,7H2,1H3. The molecule has 0 fully saturated rings. The number of hydrogen-bond donors (Lipinski definition) is 0. The minimum atomic E-state index is 0.457. The number of fused-ring (bicyclic) bond motifs is 1. The largest absolute Gasteiger partial charge is 0.259 e. The van der Waals surface area contributed by atoms with Crippen molar-refractivity contribution in [2.75, 3.05) is 0 Å². The highest BCUT2D eigenvalue weighted by Crippen LogP contribution is 2.31. The summed E-state index contributed by atoms with van der Waals surface area (Å²) in [6.07, 6.45) is 4.26. The predicted octanol–water partition coefficient (Wildman–Crippen LogP) is 3.93. The number of hydrogen-bond acceptors (Lipinski definition) is 6. The first-order chi connectivity index (χ1) is 9.88. The van der Waals surface area contributed by atoms with Gasteiger partial charge in [-0.2, -0.15) is 5.11 Å². The molecule has 6 heteroatoms. The highest BCUT2D eigenvalue weighted by atomic mass is 32.1. The van der Waals surface area contributed by atoms with Crippen molar-refractivity contribution in [1.29, 1.82) is 0 Å². The Morgan fingerprint density at radius 1 is 1.20 bits per heavy atom. The third-order valence-electron chi connectivity index (χ3n) is 2.91. The molecule has 0 N–H and O–H groups in total. The minimum absolute atomic E-state index is 0.457. The van der Waals surface area contributed by atoms with E-state index in [1.807, 2.05) is 18.2 Å². The Morgan fingerprint density at radius 3 is 2.95 bits per heavy atom. The summed E-state index contributed by atoms with van der Waals surface area (Å²) >= 11 is 1.62. The van der Waals surface area contributed by atoms with Gasteiger partial charge in [-0.25, -0.2) is 9.97 Å². The first kappa shape index (κ1) is 12.8. The molecule has 0 aliphatic carbocycles. The second kappa shape index (κ2) is 5.83. The number of aryl methyl sites for hydroxylation is 1. The lowest BCUT2D eigenvalue weighted by molar-refractivity contribution is 0.908. The van der Waals surface area contributed by atoms with E-state index in [0.29, 0.717) is 12.4 Å². The maximum Gasteiger partial charge on any atom is 0.195 e. The van der Waals surface area contributed by atoms with Gasteiger partial charge in [0.1, 0.15) is 12.9 Å². The molecule has 0 bridgehead atoms. The fourth-order valence-electron chi connectivity index (χ4n) is 1.88. The van der Waals surface area contributed by atoms with E-state index in [-0.39, 0.29) is 0 Å². The van der Waals surface area contributed by atoms with Gasteiger partial charge in [-0.3, -0.25) is 4.98 Å². The van der Waals surface area contributed by atoms with Crippen LogP contribution >= 0.6 is 11.3 Å². The Labute approximate surface area is 120 Å². The van der Waals surface area contributed by atoms with Crippen LogP contribution in [0.3, 0.4) is 0 Å². The van der Waals surface area contributed by atoms with Crippen molar-refractivity contribution in [3.63, 3.8) is 0 Å². The smallest absolute Gasteiger partial charge is 0.195 e. The summed E-state index contributed by atoms with van der Waals surface area (Å²) in [6.45, 7) is 2.57. The molecule has 0 aromatic carbocycles. The topological polar surface area (TPSA) is 63.4 Å². The van der Waals surface area contributed by atoms with Crippen molar-refractivity contribution < 1.29 is 0 Å². The number of azo groups is 1. The molecule has 3 rings (SSSR count). The summed E-state index contributed by atoms with van der Waals surface area (Å²) in [5, 5.41) is 10.5. The van der Waals surface area contributed by atoms with Crippen molar-refractivity contribution in [1.82, 2.24) is 15.0 Å². The van der Waals surface area contributed by atoms with Crippen LogP contribution in [-0.4, -0.2) is 15.0 Å². The van der Waals surface area contributed by atoms with Crippen LogP contribution in [0.2, 0.25) is 0 Å². The summed E-state index contributed by atoms with van der Waals surface area (Å²) in [5.41, 5.74) is 3.11. The van der Waals surface area contributed by atoms with Gasteiger partial charge in [0.05, 0.1) is 15.9 Å². The lowest BCUT2D eigenvalue weighted by Gasteiger charge is -1.96. The van der Waals surface area contributed by atoms with Crippen molar-refractivity contribution in [2.24, 2.45) is 10.2 Å². The third-order valence-corrected chi connectivity index (χ3v) is 3.93. The Morgan fingerprint density at radius 2 is 2.15 bits per heavy atom. The van der Waals surface area contributed by atoms with Gasteiger partial charge in [0.15, 0.2) is 5.82 Å². The molecule has 0 amide bonds. The average molecular weight is 283 g/mol. The van der Waals surface area contributed by atoms with E-state index in [9.17, 15) is 0 Å². The SMILES string of the molecule is CCc1csc2c(N=NCc3ccccn3)ncnc12. The van der Waals surface area contributed by atoms with Gasteiger partial charge in [0.25, 0.3) is 0 Å². The fraction of sp³-hybridized carbons (Fsp3) is 0.214. The summed E-state index contributed by atoms with van der Waals surface area (Å²) < 4.78 is 0.995. The normalized spacial score (nSPS) is 11.4. The fourth-order valence-corrected chi connectivity index (χ4v) is 2.91. The van der Waals surface area contributed by atoms with Gasteiger partial charge in [-0.15, -0.1) is 16.5 Å². The molecule has 0 aliphatic rings. The van der Waals surface area contributed by atoms with Gasteiger partial charge in [0.2, 0.25) is 0 Å². The molecule has 0 saturated carbocycles. The van der Waals surface area contributed by atoms with Gasteiger partial charge >= 0.3 is 0 Å². The predicted molar refractivity (Wildman–Crippen MR) is 79.3 cm³/mol. The van der Waals surface area contributed by atoms with Crippen LogP contribution in [0.4, 0.5) is 5.82 Å². The van der Waals surface area contributed by atoms with Crippen LogP contribution in [0.1, 0.15) is 18.2 Å². The molecule has 0 spiro atoms. The van der Waals surface area contributed by atoms with E-state index in [0.717, 1.165) is 22.3 Å². The molecule has 0 radical (unpaired) electrons. The number of thiophene rings is 1. The quantitative estimate of drug-likeness (QED) is 0.681. The van der Waals surface area contributed by atoms with Crippen molar-refractivity contribution in [3.8, 4) is 0 Å². The van der Waals surface area contributed by atoms with Gasteiger partial charge in [-0.05, 0) is 29.5 Å². The molecule has 0 aliphatic heterocycles. The monoisotopic (exact) mass is 283 g/mol. The van der Waals surface area contributed by atoms with Crippen LogP contribution in [-0.2, 0) is 13.0 Å². The van der Waals surface area contributed by atoms with E-state index in [1.165, 1.54) is 5.56 Å². The Hall–Kier alpha value is -2.21. The summed E-state index contributed by atoms with van der Waals surface area (Å²) in [6, 6.07) is 5.75. The van der Waals surface area contributed by atoms with E-state index in [4.69, 9.17) is 0 Å². The van der Waals surface area contributed by atoms with E-state index in [1.54, 1.807) is 23.9 Å². The average Bonchev–Trinajstić information content (AvgIpc) is 2.92. The van der Waals surface area contributed by atoms with E-state index in [2.05, 4.69) is 37.5 Å². The minimum Gasteiger partial charge on any atom is -0.259 e. The summed E-state index contributed by atoms with van der Waals surface area (Å²) in [7, 11) is 0. The number of nitrogens with zero attached hydrogens (tertiary/aromatic N) is 5. The van der Waals surface area contributed by atoms with Crippen LogP contribution < -0.4 is 0 Å². The highest BCUT2D eigenvalue weighted by Gasteiger charge is 2.08. The lowest BCUT2D eigenvalue weighted by Crippen LogP contribution is -1.85. The van der Waals surface area contributed by atoms with Crippen molar-refractivity contribution in [3.05, 3.63) is 47.4 Å². The first-order valence-electron chi connectivity index (χ1n) is 6.37. The number of aromatic nitrogens is 3. The first-order valence-corrected chi connectivity index (χ1v) is 7.25. The van der Waals surface area contributed by atoms with Crippen molar-refractivity contribution in [2.45, 2.75) is 19.9 Å². The molecule has 5 nitrogen and oxygen atoms in total. The maximum absolute atomic E-state index is 4.32. The number of rotatable bonds is 4. The van der Waals surface area contributed by atoms with Crippen LogP contribution in [0.15, 0.2) is 46.3 Å². The van der Waals surface area contributed by atoms with E-state index >= 15 is 0 Å². The second-order valence-electron chi connectivity index (χ2n) is 4.21. The second-order valence-corrected chi connectivity index (χ2v) is 5.09. The molecule has 0 unspecified atom stereocenters. The highest BCUT2D eigenvalue weighted by molar-refractivity contribution is 7.17. The molecule has 0 saturated heterocycles. The number of pyridine rings is 1. The van der Waals surface area contributed by atoms with Gasteiger partial charge in [0, 0.05) is 6.20 Å². The summed E-state index contributed by atoms with van der Waals surface area (Å²) in [4.78, 5) is 12.7. The third kappa shape index (κ3) is 2.55. The molecule has 3 aromatic rings. The van der Waals surface area contributed by atoms with Gasteiger partial charge < -0.3 is 0 Å². The zero-order valence-electron chi connectivity index (χ0n) is 11.0. The molecule has 0 atom stereocenters. The summed E-state index contributed by atoms with van der Waals surface area (Å²) in [5.74, 6) is 0.635. The zero-order valence-corrected chi connectivity index (χ0v) is 11.8. The van der Waals surface area contributed by atoms with Crippen molar-refractivity contribution >= 4 is 27.4 Å². The van der Waals surface area contributed by atoms with Crippen LogP contribution in [0, 0.1) is 0 Å². The molecule has 100 valence electrons. The van der Waals surface area contributed by atoms with E-state index < -0.39 is 0 Å². The van der Waals surface area contributed by atoms with Crippen LogP contribution in [0.25, 0.3) is 10.2 Å². The van der Waals surface area contributed by atoms with Gasteiger partial charge in [-0.1, -0.05) is 13.0 Å².